The van der Waals surface area contributed by atoms with Crippen molar-refractivity contribution in [2.24, 2.45) is 0 Å². The Balaban J connectivity index is 2.80. The summed E-state index contributed by atoms with van der Waals surface area (Å²) in [6.07, 6.45) is -14.5. The van der Waals surface area contributed by atoms with Crippen molar-refractivity contribution < 1.29 is 39.5 Å². The monoisotopic (exact) mass is 451 g/mol. The summed E-state index contributed by atoms with van der Waals surface area (Å²) in [5.74, 6) is 0. The van der Waals surface area contributed by atoms with E-state index >= 15 is 0 Å². The molecule has 0 spiro atoms. The molecule has 1 nitrogen and oxygen atoms in total. The van der Waals surface area contributed by atoms with Crippen LogP contribution in [0.5, 0.6) is 0 Å². The van der Waals surface area contributed by atoms with E-state index in [1.54, 1.807) is 0 Å². The molecule has 0 saturated carbocycles. The van der Waals surface area contributed by atoms with Crippen molar-refractivity contribution in [1.29, 1.82) is 0 Å². The molecule has 142 valence electrons. The molecule has 2 rings (SSSR count). The Morgan fingerprint density at radius 3 is 1.81 bits per heavy atom. The summed E-state index contributed by atoms with van der Waals surface area (Å²) in [5, 5.41) is -0.0392. The van der Waals surface area contributed by atoms with E-state index in [0.717, 1.165) is 6.20 Å². The molecule has 0 atom stereocenters. The van der Waals surface area contributed by atoms with Gasteiger partial charge in [-0.15, -0.1) is 0 Å². The van der Waals surface area contributed by atoms with Gasteiger partial charge in [0.2, 0.25) is 0 Å². The zero-order chi connectivity index (χ0) is 19.9. The van der Waals surface area contributed by atoms with Crippen LogP contribution >= 0.6 is 15.9 Å². The van der Waals surface area contributed by atoms with Gasteiger partial charge in [-0.2, -0.15) is 39.5 Å². The minimum atomic E-state index is -5.31. The Labute approximate surface area is 149 Å². The van der Waals surface area contributed by atoms with E-state index in [9.17, 15) is 39.5 Å². The predicted octanol–water partition coefficient (Wildman–Crippen LogP) is 6.70. The van der Waals surface area contributed by atoms with Gasteiger partial charge in [-0.25, -0.2) is 0 Å². The van der Waals surface area contributed by atoms with Crippen LogP contribution in [0.15, 0.2) is 30.5 Å². The van der Waals surface area contributed by atoms with E-state index < -0.39 is 46.5 Å². The lowest BCUT2D eigenvalue weighted by molar-refractivity contribution is -0.143. The van der Waals surface area contributed by atoms with Crippen LogP contribution in [0.3, 0.4) is 0 Å². The third-order valence-electron chi connectivity index (χ3n) is 3.31. The zero-order valence-electron chi connectivity index (χ0n) is 12.3. The van der Waals surface area contributed by atoms with E-state index in [-0.39, 0.29) is 23.0 Å². The lowest BCUT2D eigenvalue weighted by Gasteiger charge is -2.19. The first-order valence-corrected chi connectivity index (χ1v) is 7.78. The molecule has 0 N–H and O–H groups in total. The fraction of sp³-hybridized carbons (Fsp3) is 0.267. The van der Waals surface area contributed by atoms with Gasteiger partial charge in [0.15, 0.2) is 0 Å². The Kier molecular flexibility index (Phi) is 5.33. The van der Waals surface area contributed by atoms with Gasteiger partial charge >= 0.3 is 18.5 Å². The highest BCUT2D eigenvalue weighted by molar-refractivity contribution is 9.08. The van der Waals surface area contributed by atoms with Crippen molar-refractivity contribution in [3.63, 3.8) is 0 Å². The van der Waals surface area contributed by atoms with Crippen molar-refractivity contribution in [3.05, 3.63) is 52.7 Å². The van der Waals surface area contributed by atoms with Crippen molar-refractivity contribution in [3.8, 4) is 11.3 Å². The summed E-state index contributed by atoms with van der Waals surface area (Å²) in [6, 6.07) is 0.992. The van der Waals surface area contributed by atoms with Crippen LogP contribution in [0.2, 0.25) is 0 Å². The Morgan fingerprint density at radius 2 is 1.35 bits per heavy atom. The first kappa shape index (κ1) is 20.5. The minimum absolute atomic E-state index is 0.0392. The van der Waals surface area contributed by atoms with Gasteiger partial charge in [-0.05, 0) is 23.8 Å². The second-order valence-electron chi connectivity index (χ2n) is 5.13. The lowest BCUT2D eigenvalue weighted by atomic mass is 9.96. The van der Waals surface area contributed by atoms with Crippen LogP contribution in [-0.2, 0) is 23.9 Å². The average Bonchev–Trinajstić information content (AvgIpc) is 2.51. The third-order valence-corrected chi connectivity index (χ3v) is 3.96. The van der Waals surface area contributed by atoms with Crippen LogP contribution in [0, 0.1) is 0 Å². The Bertz CT molecular complexity index is 806. The first-order chi connectivity index (χ1) is 11.7. The molecule has 0 aliphatic rings. The largest absolute Gasteiger partial charge is 0.418 e. The van der Waals surface area contributed by atoms with E-state index in [0.29, 0.717) is 12.1 Å². The second kappa shape index (κ2) is 6.75. The molecule has 11 heteroatoms. The van der Waals surface area contributed by atoms with Crippen LogP contribution < -0.4 is 0 Å². The summed E-state index contributed by atoms with van der Waals surface area (Å²) in [7, 11) is 0. The number of hydrogen-bond acceptors (Lipinski definition) is 1. The van der Waals surface area contributed by atoms with Gasteiger partial charge in [0, 0.05) is 17.1 Å². The quantitative estimate of drug-likeness (QED) is 0.365. The maximum atomic E-state index is 13.2. The Morgan fingerprint density at radius 1 is 0.769 bits per heavy atom. The molecular formula is C15H7BrF9N. The average molecular weight is 452 g/mol. The van der Waals surface area contributed by atoms with Crippen molar-refractivity contribution in [2.45, 2.75) is 23.9 Å². The highest BCUT2D eigenvalue weighted by Crippen LogP contribution is 2.44. The second-order valence-corrected chi connectivity index (χ2v) is 5.69. The van der Waals surface area contributed by atoms with E-state index in [4.69, 9.17) is 0 Å². The highest BCUT2D eigenvalue weighted by Gasteiger charge is 2.41. The fourth-order valence-corrected chi connectivity index (χ4v) is 2.48. The Hall–Kier alpha value is -1.78. The fourth-order valence-electron chi connectivity index (χ4n) is 2.17. The van der Waals surface area contributed by atoms with E-state index in [1.807, 2.05) is 0 Å². The van der Waals surface area contributed by atoms with Gasteiger partial charge in [-0.3, -0.25) is 4.98 Å². The van der Waals surface area contributed by atoms with Gasteiger partial charge in [-0.1, -0.05) is 22.0 Å². The molecule has 0 bridgehead atoms. The molecule has 1 aromatic carbocycles. The molecule has 1 aromatic heterocycles. The number of rotatable bonds is 2. The number of hydrogen-bond donors (Lipinski definition) is 0. The topological polar surface area (TPSA) is 12.9 Å². The van der Waals surface area contributed by atoms with Gasteiger partial charge in [0.1, 0.15) is 0 Å². The lowest BCUT2D eigenvalue weighted by Crippen LogP contribution is -2.15. The van der Waals surface area contributed by atoms with Crippen LogP contribution in [0.4, 0.5) is 39.5 Å². The maximum absolute atomic E-state index is 13.2. The van der Waals surface area contributed by atoms with Gasteiger partial charge < -0.3 is 0 Å². The minimum Gasteiger partial charge on any atom is -0.255 e. The normalized spacial score (nSPS) is 13.2. The molecule has 0 unspecified atom stereocenters. The van der Waals surface area contributed by atoms with Crippen molar-refractivity contribution in [2.75, 3.05) is 0 Å². The van der Waals surface area contributed by atoms with Crippen molar-refractivity contribution in [1.82, 2.24) is 4.98 Å². The predicted molar refractivity (Wildman–Crippen MR) is 77.3 cm³/mol. The molecule has 2 aromatic rings. The molecule has 0 aliphatic carbocycles. The number of benzene rings is 1. The molecular weight excluding hydrogens is 445 g/mol. The summed E-state index contributed by atoms with van der Waals surface area (Å²) >= 11 is 2.90. The zero-order valence-corrected chi connectivity index (χ0v) is 13.9. The van der Waals surface area contributed by atoms with Crippen LogP contribution in [-0.4, -0.2) is 4.98 Å². The highest BCUT2D eigenvalue weighted by atomic mass is 79.9. The molecule has 1 heterocycles. The number of alkyl halides is 10. The molecule has 0 amide bonds. The smallest absolute Gasteiger partial charge is 0.255 e. The summed E-state index contributed by atoms with van der Waals surface area (Å²) in [6.45, 7) is 0. The molecule has 0 fully saturated rings. The summed E-state index contributed by atoms with van der Waals surface area (Å²) < 4.78 is 117. The van der Waals surface area contributed by atoms with Crippen LogP contribution in [0.1, 0.15) is 22.3 Å². The number of pyridine rings is 1. The number of halogens is 10. The van der Waals surface area contributed by atoms with E-state index in [1.165, 1.54) is 0 Å². The summed E-state index contributed by atoms with van der Waals surface area (Å²) in [5.41, 5.74) is -7.08. The van der Waals surface area contributed by atoms with Gasteiger partial charge in [0.25, 0.3) is 0 Å². The van der Waals surface area contributed by atoms with Gasteiger partial charge in [0.05, 0.1) is 22.4 Å². The SMILES string of the molecule is FC(F)(F)c1ccc(-c2ncc(CBr)cc2C(F)(F)F)c(C(F)(F)F)c1. The van der Waals surface area contributed by atoms with Crippen LogP contribution in [0.25, 0.3) is 11.3 Å². The summed E-state index contributed by atoms with van der Waals surface area (Å²) in [4.78, 5) is 3.42. The standard InChI is InChI=1S/C15H7BrF9N/c16-5-7-3-11(15(23,24)25)12(26-6-7)9-2-1-8(13(17,18)19)4-10(9)14(20,21)22/h1-4,6H,5H2. The number of aromatic nitrogens is 1. The number of nitrogens with zero attached hydrogens (tertiary/aromatic N) is 1. The first-order valence-electron chi connectivity index (χ1n) is 6.66. The molecule has 0 saturated heterocycles. The van der Waals surface area contributed by atoms with E-state index in [2.05, 4.69) is 20.9 Å². The molecule has 0 aliphatic heterocycles. The van der Waals surface area contributed by atoms with Crippen molar-refractivity contribution >= 4 is 15.9 Å². The molecule has 26 heavy (non-hydrogen) atoms. The maximum Gasteiger partial charge on any atom is 0.418 e. The molecule has 0 radical (unpaired) electrons. The third kappa shape index (κ3) is 4.30.